The van der Waals surface area contributed by atoms with Gasteiger partial charge in [-0.2, -0.15) is 0 Å². The van der Waals surface area contributed by atoms with Crippen LogP contribution in [0.5, 0.6) is 5.75 Å². The van der Waals surface area contributed by atoms with Gasteiger partial charge in [-0.05, 0) is 70.8 Å². The lowest BCUT2D eigenvalue weighted by Crippen LogP contribution is -2.45. The van der Waals surface area contributed by atoms with Crippen molar-refractivity contribution in [2.24, 2.45) is 0 Å². The topological polar surface area (TPSA) is 41.6 Å². The summed E-state index contributed by atoms with van der Waals surface area (Å²) in [6.07, 6.45) is 2.05. The van der Waals surface area contributed by atoms with Crippen LogP contribution in [0.3, 0.4) is 0 Å². The van der Waals surface area contributed by atoms with Crippen molar-refractivity contribution in [3.8, 4) is 5.75 Å². The number of aryl methyl sites for hydroxylation is 1. The van der Waals surface area contributed by atoms with Gasteiger partial charge in [0.25, 0.3) is 5.91 Å². The van der Waals surface area contributed by atoms with Crippen molar-refractivity contribution in [2.75, 3.05) is 18.6 Å². The zero-order valence-corrected chi connectivity index (χ0v) is 15.6. The Morgan fingerprint density at radius 1 is 1.29 bits per heavy atom. The summed E-state index contributed by atoms with van der Waals surface area (Å²) in [5.41, 5.74) is 2.85. The van der Waals surface area contributed by atoms with E-state index in [9.17, 15) is 4.79 Å². The lowest BCUT2D eigenvalue weighted by molar-refractivity contribution is 0.0977. The van der Waals surface area contributed by atoms with Gasteiger partial charge < -0.3 is 9.64 Å². The van der Waals surface area contributed by atoms with Gasteiger partial charge in [-0.25, -0.2) is 0 Å². The maximum Gasteiger partial charge on any atom is 0.257 e. The summed E-state index contributed by atoms with van der Waals surface area (Å²) in [6, 6.07) is 13.3. The molecule has 0 atom stereocenters. The summed E-state index contributed by atoms with van der Waals surface area (Å²) in [7, 11) is 1.59. The molecule has 1 aliphatic heterocycles. The lowest BCUT2D eigenvalue weighted by Gasteiger charge is -2.31. The van der Waals surface area contributed by atoms with E-state index < -0.39 is 0 Å². The first-order valence-corrected chi connectivity index (χ1v) is 8.84. The molecule has 0 saturated carbocycles. The number of ether oxygens (including phenoxy) is 1. The molecule has 0 aromatic heterocycles. The first-order chi connectivity index (χ1) is 11.6. The minimum atomic E-state index is -0.230. The van der Waals surface area contributed by atoms with Crippen LogP contribution in [-0.2, 0) is 6.42 Å². The summed E-state index contributed by atoms with van der Waals surface area (Å²) in [5, 5.41) is 3.26. The molecule has 0 fully saturated rings. The van der Waals surface area contributed by atoms with E-state index in [0.717, 1.165) is 29.5 Å². The van der Waals surface area contributed by atoms with Crippen LogP contribution in [-0.4, -0.2) is 24.7 Å². The fourth-order valence-electron chi connectivity index (χ4n) is 2.79. The van der Waals surface area contributed by atoms with Gasteiger partial charge in [0.1, 0.15) is 5.75 Å². The molecule has 1 amide bonds. The maximum atomic E-state index is 12.5. The third-order valence-corrected chi connectivity index (χ3v) is 4.93. The van der Waals surface area contributed by atoms with Crippen LogP contribution >= 0.6 is 28.1 Å². The second kappa shape index (κ2) is 7.32. The molecule has 24 heavy (non-hydrogen) atoms. The Balaban J connectivity index is 1.76. The van der Waals surface area contributed by atoms with Crippen molar-refractivity contribution in [3.05, 3.63) is 58.1 Å². The third kappa shape index (κ3) is 3.44. The van der Waals surface area contributed by atoms with Crippen LogP contribution in [0, 0.1) is 0 Å². The smallest absolute Gasteiger partial charge is 0.257 e. The molecule has 124 valence electrons. The van der Waals surface area contributed by atoms with E-state index >= 15 is 0 Å². The SMILES string of the molecule is COc1ccc(C(=O)NC(=S)N2CCCc3ccccc32)cc1Br. The highest BCUT2D eigenvalue weighted by Crippen LogP contribution is 2.27. The molecule has 0 radical (unpaired) electrons. The van der Waals surface area contributed by atoms with Gasteiger partial charge in [0.2, 0.25) is 0 Å². The fraction of sp³-hybridized carbons (Fsp3) is 0.222. The van der Waals surface area contributed by atoms with Gasteiger partial charge in [0, 0.05) is 17.8 Å². The Morgan fingerprint density at radius 3 is 2.83 bits per heavy atom. The molecule has 0 spiro atoms. The number of carbonyl (C=O) groups excluding carboxylic acids is 1. The van der Waals surface area contributed by atoms with Gasteiger partial charge in [0.15, 0.2) is 5.11 Å². The van der Waals surface area contributed by atoms with Crippen LogP contribution < -0.4 is 15.0 Å². The molecule has 6 heteroatoms. The van der Waals surface area contributed by atoms with Crippen molar-refractivity contribution < 1.29 is 9.53 Å². The van der Waals surface area contributed by atoms with E-state index in [0.29, 0.717) is 16.4 Å². The number of amides is 1. The molecule has 2 aromatic carbocycles. The predicted molar refractivity (Wildman–Crippen MR) is 103 cm³/mol. The fourth-order valence-corrected chi connectivity index (χ4v) is 3.61. The number of halogens is 1. The summed E-state index contributed by atoms with van der Waals surface area (Å²) < 4.78 is 5.91. The number of hydrogen-bond acceptors (Lipinski definition) is 3. The molecule has 0 saturated heterocycles. The average molecular weight is 405 g/mol. The molecule has 0 aliphatic carbocycles. The second-order valence-corrected chi connectivity index (χ2v) is 6.73. The molecule has 3 rings (SSSR count). The number of hydrogen-bond donors (Lipinski definition) is 1. The molecule has 1 aliphatic rings. The van der Waals surface area contributed by atoms with E-state index in [1.54, 1.807) is 25.3 Å². The molecule has 0 unspecified atom stereocenters. The molecular formula is C18H17BrN2O2S. The Labute approximate surface area is 154 Å². The number of thiocarbonyl (C=S) groups is 1. The number of benzene rings is 2. The first kappa shape index (κ1) is 16.9. The quantitative estimate of drug-likeness (QED) is 0.769. The van der Waals surface area contributed by atoms with E-state index in [1.165, 1.54) is 5.56 Å². The van der Waals surface area contributed by atoms with Gasteiger partial charge in [-0.3, -0.25) is 10.1 Å². The van der Waals surface area contributed by atoms with Crippen LogP contribution in [0.1, 0.15) is 22.3 Å². The van der Waals surface area contributed by atoms with Gasteiger partial charge in [-0.15, -0.1) is 0 Å². The van der Waals surface area contributed by atoms with Crippen LogP contribution in [0.4, 0.5) is 5.69 Å². The molecular weight excluding hydrogens is 388 g/mol. The highest BCUT2D eigenvalue weighted by Gasteiger charge is 2.21. The highest BCUT2D eigenvalue weighted by atomic mass is 79.9. The number of nitrogens with zero attached hydrogens (tertiary/aromatic N) is 1. The van der Waals surface area contributed by atoms with E-state index in [-0.39, 0.29) is 5.91 Å². The Hall–Kier alpha value is -1.92. The van der Waals surface area contributed by atoms with E-state index in [4.69, 9.17) is 17.0 Å². The molecule has 0 bridgehead atoms. The zero-order valence-electron chi connectivity index (χ0n) is 13.2. The van der Waals surface area contributed by atoms with Crippen LogP contribution in [0.25, 0.3) is 0 Å². The Morgan fingerprint density at radius 2 is 2.08 bits per heavy atom. The number of para-hydroxylation sites is 1. The largest absolute Gasteiger partial charge is 0.496 e. The summed E-state index contributed by atoms with van der Waals surface area (Å²) in [4.78, 5) is 14.5. The molecule has 4 nitrogen and oxygen atoms in total. The van der Waals surface area contributed by atoms with Gasteiger partial charge in [0.05, 0.1) is 11.6 Å². The molecule has 2 aromatic rings. The lowest BCUT2D eigenvalue weighted by atomic mass is 10.0. The number of methoxy groups -OCH3 is 1. The summed E-state index contributed by atoms with van der Waals surface area (Å²) in [6.45, 7) is 0.808. The number of carbonyl (C=O) groups is 1. The second-order valence-electron chi connectivity index (χ2n) is 5.49. The van der Waals surface area contributed by atoms with Gasteiger partial charge >= 0.3 is 0 Å². The summed E-state index contributed by atoms with van der Waals surface area (Å²) >= 11 is 8.86. The summed E-state index contributed by atoms with van der Waals surface area (Å²) in [5.74, 6) is 0.450. The van der Waals surface area contributed by atoms with E-state index in [2.05, 4.69) is 27.3 Å². The number of nitrogens with one attached hydrogen (secondary N) is 1. The van der Waals surface area contributed by atoms with Crippen molar-refractivity contribution in [2.45, 2.75) is 12.8 Å². The number of rotatable bonds is 2. The minimum absolute atomic E-state index is 0.230. The maximum absolute atomic E-state index is 12.5. The normalized spacial score (nSPS) is 13.2. The number of anilines is 1. The Kier molecular flexibility index (Phi) is 5.16. The van der Waals surface area contributed by atoms with Gasteiger partial charge in [-0.1, -0.05) is 18.2 Å². The zero-order chi connectivity index (χ0) is 17.1. The number of fused-ring (bicyclic) bond motifs is 1. The third-order valence-electron chi connectivity index (χ3n) is 3.99. The average Bonchev–Trinajstić information content (AvgIpc) is 2.61. The van der Waals surface area contributed by atoms with Crippen molar-refractivity contribution >= 4 is 44.9 Å². The molecule has 1 heterocycles. The van der Waals surface area contributed by atoms with Crippen LogP contribution in [0.15, 0.2) is 46.9 Å². The van der Waals surface area contributed by atoms with Crippen LogP contribution in [0.2, 0.25) is 0 Å². The van der Waals surface area contributed by atoms with Crippen molar-refractivity contribution in [3.63, 3.8) is 0 Å². The van der Waals surface area contributed by atoms with Crippen molar-refractivity contribution in [1.29, 1.82) is 0 Å². The standard InChI is InChI=1S/C18H17BrN2O2S/c1-23-16-9-8-13(11-14(16)19)17(22)20-18(24)21-10-4-6-12-5-2-3-7-15(12)21/h2-3,5,7-9,11H,4,6,10H2,1H3,(H,20,22,24). The predicted octanol–water partition coefficient (Wildman–Crippen LogP) is 3.93. The Bertz CT molecular complexity index is 794. The monoisotopic (exact) mass is 404 g/mol. The molecule has 1 N–H and O–H groups in total. The first-order valence-electron chi connectivity index (χ1n) is 7.64. The van der Waals surface area contributed by atoms with E-state index in [1.807, 2.05) is 23.1 Å². The van der Waals surface area contributed by atoms with Crippen molar-refractivity contribution in [1.82, 2.24) is 5.32 Å². The minimum Gasteiger partial charge on any atom is -0.496 e. The highest BCUT2D eigenvalue weighted by molar-refractivity contribution is 9.10.